The van der Waals surface area contributed by atoms with Crippen molar-refractivity contribution in [1.82, 2.24) is 10.2 Å². The van der Waals surface area contributed by atoms with Gasteiger partial charge >= 0.3 is 0 Å². The van der Waals surface area contributed by atoms with Crippen LogP contribution in [0.4, 0.5) is 0 Å². The molecule has 0 spiro atoms. The van der Waals surface area contributed by atoms with Gasteiger partial charge in [0.15, 0.2) is 0 Å². The second-order valence-electron chi connectivity index (χ2n) is 4.75. The van der Waals surface area contributed by atoms with Crippen molar-refractivity contribution in [3.05, 3.63) is 23.8 Å². The van der Waals surface area contributed by atoms with E-state index in [1.807, 2.05) is 0 Å². The number of nitrogens with zero attached hydrogens (tertiary/aromatic N) is 1. The van der Waals surface area contributed by atoms with E-state index >= 15 is 0 Å². The second-order valence-corrected chi connectivity index (χ2v) is 4.75. The van der Waals surface area contributed by atoms with Crippen molar-refractivity contribution < 1.29 is 19.4 Å². The van der Waals surface area contributed by atoms with Gasteiger partial charge in [-0.15, -0.1) is 0 Å². The van der Waals surface area contributed by atoms with E-state index in [-0.39, 0.29) is 11.9 Å². The summed E-state index contributed by atoms with van der Waals surface area (Å²) in [5.41, 5.74) is 0.374. The lowest BCUT2D eigenvalue weighted by Crippen LogP contribution is -2.44. The van der Waals surface area contributed by atoms with Crippen molar-refractivity contribution in [3.63, 3.8) is 0 Å². The van der Waals surface area contributed by atoms with Crippen LogP contribution in [0.3, 0.4) is 0 Å². The summed E-state index contributed by atoms with van der Waals surface area (Å²) in [5, 5.41) is 12.9. The van der Waals surface area contributed by atoms with Crippen molar-refractivity contribution in [3.8, 4) is 11.5 Å². The molecule has 1 aliphatic rings. The molecule has 0 unspecified atom stereocenters. The Morgan fingerprint density at radius 3 is 2.35 bits per heavy atom. The Kier molecular flexibility index (Phi) is 4.46. The van der Waals surface area contributed by atoms with Crippen LogP contribution in [0.1, 0.15) is 10.4 Å². The maximum atomic E-state index is 12.7. The first-order chi connectivity index (χ1) is 9.60. The van der Waals surface area contributed by atoms with Crippen molar-refractivity contribution in [2.75, 3.05) is 34.4 Å². The zero-order valence-corrected chi connectivity index (χ0v) is 11.9. The first kappa shape index (κ1) is 14.6. The van der Waals surface area contributed by atoms with E-state index < -0.39 is 6.10 Å². The number of β-amino-alcohol motifs (C(OH)–C–C–N with tert-alkyl or cyclic N) is 1. The average molecular weight is 280 g/mol. The van der Waals surface area contributed by atoms with Crippen LogP contribution in [0.15, 0.2) is 18.2 Å². The van der Waals surface area contributed by atoms with Crippen LogP contribution in [0.5, 0.6) is 11.5 Å². The molecule has 1 aromatic carbocycles. The van der Waals surface area contributed by atoms with E-state index in [9.17, 15) is 9.90 Å². The largest absolute Gasteiger partial charge is 0.496 e. The minimum absolute atomic E-state index is 0.230. The van der Waals surface area contributed by atoms with E-state index in [2.05, 4.69) is 5.32 Å². The predicted molar refractivity (Wildman–Crippen MR) is 74.3 cm³/mol. The van der Waals surface area contributed by atoms with E-state index in [0.717, 1.165) is 0 Å². The highest BCUT2D eigenvalue weighted by Crippen LogP contribution is 2.30. The van der Waals surface area contributed by atoms with Crippen molar-refractivity contribution >= 4 is 5.91 Å². The molecule has 1 aromatic rings. The summed E-state index contributed by atoms with van der Waals surface area (Å²) in [6.45, 7) is 1.06. The van der Waals surface area contributed by atoms with E-state index in [1.165, 1.54) is 19.1 Å². The fraction of sp³-hybridized carbons (Fsp3) is 0.500. The van der Waals surface area contributed by atoms with Crippen molar-refractivity contribution in [2.45, 2.75) is 12.1 Å². The minimum atomic E-state index is -0.565. The average Bonchev–Trinajstić information content (AvgIpc) is 2.90. The number of carbonyl (C=O) groups excluding carboxylic acids is 1. The lowest BCUT2D eigenvalue weighted by Gasteiger charge is -2.27. The van der Waals surface area contributed by atoms with Crippen LogP contribution in [0, 0.1) is 0 Å². The molecule has 6 heteroatoms. The van der Waals surface area contributed by atoms with Gasteiger partial charge in [-0.1, -0.05) is 6.07 Å². The number of rotatable bonds is 4. The molecule has 1 saturated heterocycles. The van der Waals surface area contributed by atoms with Crippen LogP contribution in [0.2, 0.25) is 0 Å². The second kappa shape index (κ2) is 6.11. The maximum absolute atomic E-state index is 12.7. The Balaban J connectivity index is 2.32. The molecule has 1 aliphatic heterocycles. The van der Waals surface area contributed by atoms with Gasteiger partial charge in [0, 0.05) is 20.1 Å². The Morgan fingerprint density at radius 2 is 1.90 bits per heavy atom. The molecule has 0 aliphatic carbocycles. The number of nitrogens with one attached hydrogen (secondary N) is 1. The quantitative estimate of drug-likeness (QED) is 0.819. The standard InChI is InChI=1S/C14H20N2O4/c1-16(9-7-15-8-10(9)17)14(18)13-11(19-2)5-4-6-12(13)20-3/h4-6,9-10,15,17H,7-8H2,1-3H3/t9-,10-/m1/s1. The molecule has 0 aromatic heterocycles. The van der Waals surface area contributed by atoms with Crippen molar-refractivity contribution in [2.24, 2.45) is 0 Å². The lowest BCUT2D eigenvalue weighted by atomic mass is 10.1. The van der Waals surface area contributed by atoms with Crippen LogP contribution in [0.25, 0.3) is 0 Å². The lowest BCUT2D eigenvalue weighted by molar-refractivity contribution is 0.0575. The monoisotopic (exact) mass is 280 g/mol. The van der Waals surface area contributed by atoms with E-state index in [0.29, 0.717) is 30.2 Å². The van der Waals surface area contributed by atoms with Crippen LogP contribution in [-0.4, -0.2) is 62.4 Å². The normalized spacial score (nSPS) is 21.6. The number of benzene rings is 1. The SMILES string of the molecule is COc1cccc(OC)c1C(=O)N(C)[C@@H]1CNC[C@H]1O. The number of likely N-dealkylation sites (N-methyl/N-ethyl adjacent to an activating group) is 1. The van der Waals surface area contributed by atoms with Gasteiger partial charge in [-0.25, -0.2) is 0 Å². The van der Waals surface area contributed by atoms with Gasteiger partial charge in [0.05, 0.1) is 26.4 Å². The molecule has 0 bridgehead atoms. The number of amides is 1. The number of aliphatic hydroxyl groups is 1. The van der Waals surface area contributed by atoms with E-state index in [1.54, 1.807) is 25.2 Å². The van der Waals surface area contributed by atoms with Gasteiger partial charge in [0.1, 0.15) is 17.1 Å². The van der Waals surface area contributed by atoms with Gasteiger partial charge in [-0.3, -0.25) is 4.79 Å². The molecule has 1 heterocycles. The maximum Gasteiger partial charge on any atom is 0.261 e. The number of ether oxygens (including phenoxy) is 2. The molecule has 2 N–H and O–H groups in total. The summed E-state index contributed by atoms with van der Waals surface area (Å²) < 4.78 is 10.5. The van der Waals surface area contributed by atoms with Gasteiger partial charge in [-0.2, -0.15) is 0 Å². The summed E-state index contributed by atoms with van der Waals surface area (Å²) in [6, 6.07) is 4.94. The Bertz CT molecular complexity index is 470. The number of methoxy groups -OCH3 is 2. The zero-order chi connectivity index (χ0) is 14.7. The number of aliphatic hydroxyl groups excluding tert-OH is 1. The molecule has 1 fully saturated rings. The van der Waals surface area contributed by atoms with Crippen LogP contribution in [-0.2, 0) is 0 Å². The number of carbonyl (C=O) groups is 1. The molecule has 110 valence electrons. The third kappa shape index (κ3) is 2.57. The molecule has 2 rings (SSSR count). The summed E-state index contributed by atoms with van der Waals surface area (Å²) in [6.07, 6.45) is -0.565. The molecule has 20 heavy (non-hydrogen) atoms. The fourth-order valence-electron chi connectivity index (χ4n) is 2.44. The number of hydrogen-bond donors (Lipinski definition) is 2. The summed E-state index contributed by atoms with van der Waals surface area (Å²) >= 11 is 0. The van der Waals surface area contributed by atoms with Gasteiger partial charge in [0.25, 0.3) is 5.91 Å². The van der Waals surface area contributed by atoms with Gasteiger partial charge in [0.2, 0.25) is 0 Å². The summed E-state index contributed by atoms with van der Waals surface area (Å²) in [7, 11) is 4.70. The Morgan fingerprint density at radius 1 is 1.30 bits per heavy atom. The highest BCUT2D eigenvalue weighted by atomic mass is 16.5. The minimum Gasteiger partial charge on any atom is -0.496 e. The first-order valence-electron chi connectivity index (χ1n) is 6.47. The van der Waals surface area contributed by atoms with Crippen LogP contribution >= 0.6 is 0 Å². The van der Waals surface area contributed by atoms with Crippen LogP contribution < -0.4 is 14.8 Å². The van der Waals surface area contributed by atoms with Crippen molar-refractivity contribution in [1.29, 1.82) is 0 Å². The molecular formula is C14H20N2O4. The van der Waals surface area contributed by atoms with E-state index in [4.69, 9.17) is 9.47 Å². The topological polar surface area (TPSA) is 71.0 Å². The molecule has 0 saturated carbocycles. The molecule has 6 nitrogen and oxygen atoms in total. The summed E-state index contributed by atoms with van der Waals surface area (Å²) in [4.78, 5) is 14.2. The van der Waals surface area contributed by atoms with Gasteiger partial charge in [-0.05, 0) is 12.1 Å². The Hall–Kier alpha value is -1.79. The third-order valence-corrected chi connectivity index (χ3v) is 3.61. The molecular weight excluding hydrogens is 260 g/mol. The summed E-state index contributed by atoms with van der Waals surface area (Å²) in [5.74, 6) is 0.690. The molecule has 2 atom stereocenters. The fourth-order valence-corrected chi connectivity index (χ4v) is 2.44. The number of hydrogen-bond acceptors (Lipinski definition) is 5. The molecule has 1 amide bonds. The molecule has 0 radical (unpaired) electrons. The Labute approximate surface area is 118 Å². The highest BCUT2D eigenvalue weighted by Gasteiger charge is 2.33. The first-order valence-corrected chi connectivity index (χ1v) is 6.47. The smallest absolute Gasteiger partial charge is 0.261 e. The predicted octanol–water partition coefficient (Wildman–Crippen LogP) is 0.108. The zero-order valence-electron chi connectivity index (χ0n) is 11.9. The highest BCUT2D eigenvalue weighted by molar-refractivity contribution is 5.99. The third-order valence-electron chi connectivity index (χ3n) is 3.61. The van der Waals surface area contributed by atoms with Gasteiger partial charge < -0.3 is 24.8 Å².